The zero-order chi connectivity index (χ0) is 22.9. The van der Waals surface area contributed by atoms with Crippen molar-refractivity contribution in [2.75, 3.05) is 0 Å². The van der Waals surface area contributed by atoms with E-state index in [1.54, 1.807) is 0 Å². The van der Waals surface area contributed by atoms with E-state index in [0.717, 1.165) is 6.42 Å². The number of pyridine rings is 2. The van der Waals surface area contributed by atoms with Crippen molar-refractivity contribution < 1.29 is 4.57 Å². The van der Waals surface area contributed by atoms with Gasteiger partial charge in [0.2, 0.25) is 11.2 Å². The number of nitrogens with zero attached hydrogens (tertiary/aromatic N) is 2. The van der Waals surface area contributed by atoms with Crippen LogP contribution in [0.25, 0.3) is 32.8 Å². The molecule has 0 saturated heterocycles. The number of fused-ring (bicyclic) bond motifs is 4. The average Bonchev–Trinajstić information content (AvgIpc) is 3.05. The van der Waals surface area contributed by atoms with Gasteiger partial charge in [0.15, 0.2) is 6.20 Å². The van der Waals surface area contributed by atoms with Gasteiger partial charge in [-0.3, -0.25) is 4.98 Å². The van der Waals surface area contributed by atoms with Crippen LogP contribution < -0.4 is 4.57 Å². The molecule has 7 rings (SSSR count). The average molecular weight is 430 g/mol. The normalized spacial score (nSPS) is 21.9. The lowest BCUT2D eigenvalue weighted by molar-refractivity contribution is -0.725. The third-order valence-electron chi connectivity index (χ3n) is 8.81. The first-order chi connectivity index (χ1) is 15.7. The van der Waals surface area contributed by atoms with Crippen LogP contribution in [0.5, 0.6) is 0 Å². The summed E-state index contributed by atoms with van der Waals surface area (Å²) in [7, 11) is 0. The summed E-state index contributed by atoms with van der Waals surface area (Å²) in [6.45, 7) is 13.9. The zero-order valence-electron chi connectivity index (χ0n) is 20.3. The summed E-state index contributed by atoms with van der Waals surface area (Å²) in [5, 5.41) is 5.36. The molecule has 33 heavy (non-hydrogen) atoms. The van der Waals surface area contributed by atoms with Gasteiger partial charge in [0, 0.05) is 35.7 Å². The highest BCUT2D eigenvalue weighted by Gasteiger charge is 2.56. The SMILES string of the molecule is CC1=CC2(CC(C)=C1C)c1c3c(cc4ccncc14)C(C)(C)c1cc(C)cc4cc[n+]2c-3c14. The van der Waals surface area contributed by atoms with E-state index in [1.165, 1.54) is 71.8 Å². The number of benzene rings is 2. The summed E-state index contributed by atoms with van der Waals surface area (Å²) >= 11 is 0. The van der Waals surface area contributed by atoms with E-state index in [0.29, 0.717) is 0 Å². The van der Waals surface area contributed by atoms with Gasteiger partial charge in [-0.2, -0.15) is 4.57 Å². The quantitative estimate of drug-likeness (QED) is 0.274. The van der Waals surface area contributed by atoms with Crippen LogP contribution in [0.2, 0.25) is 0 Å². The van der Waals surface area contributed by atoms with Crippen molar-refractivity contribution in [3.63, 3.8) is 0 Å². The first-order valence-electron chi connectivity index (χ1n) is 12.0. The highest BCUT2D eigenvalue weighted by Crippen LogP contribution is 2.57. The molecule has 4 aromatic rings. The van der Waals surface area contributed by atoms with Crippen molar-refractivity contribution in [3.05, 3.63) is 94.0 Å². The summed E-state index contributed by atoms with van der Waals surface area (Å²) in [5.41, 5.74) is 12.5. The summed E-state index contributed by atoms with van der Waals surface area (Å²) in [4.78, 5) is 4.60. The minimum atomic E-state index is -0.216. The molecule has 0 amide bonds. The van der Waals surface area contributed by atoms with Gasteiger partial charge in [-0.1, -0.05) is 37.1 Å². The second-order valence-corrected chi connectivity index (χ2v) is 11.0. The second-order valence-electron chi connectivity index (χ2n) is 11.0. The van der Waals surface area contributed by atoms with Crippen molar-refractivity contribution in [1.29, 1.82) is 0 Å². The molecule has 2 aromatic heterocycles. The maximum absolute atomic E-state index is 4.60. The molecular weight excluding hydrogens is 400 g/mol. The van der Waals surface area contributed by atoms with Crippen molar-refractivity contribution in [2.24, 2.45) is 0 Å². The third kappa shape index (κ3) is 2.11. The van der Waals surface area contributed by atoms with Crippen LogP contribution in [-0.2, 0) is 11.0 Å². The molecule has 1 spiro atoms. The van der Waals surface area contributed by atoms with Crippen molar-refractivity contribution in [3.8, 4) is 11.3 Å². The Hall–Kier alpha value is -3.26. The first kappa shape index (κ1) is 19.2. The monoisotopic (exact) mass is 429 g/mol. The Morgan fingerprint density at radius 2 is 1.76 bits per heavy atom. The summed E-state index contributed by atoms with van der Waals surface area (Å²) in [6, 6.07) is 11.7. The smallest absolute Gasteiger partial charge is 0.222 e. The predicted octanol–water partition coefficient (Wildman–Crippen LogP) is 7.03. The van der Waals surface area contributed by atoms with Gasteiger partial charge in [-0.25, -0.2) is 0 Å². The number of hydrogen-bond acceptors (Lipinski definition) is 1. The molecule has 0 bridgehead atoms. The number of rotatable bonds is 0. The van der Waals surface area contributed by atoms with Gasteiger partial charge in [-0.15, -0.1) is 0 Å². The van der Waals surface area contributed by atoms with E-state index in [-0.39, 0.29) is 11.0 Å². The summed E-state index contributed by atoms with van der Waals surface area (Å²) in [5.74, 6) is 0. The second kappa shape index (κ2) is 5.80. The van der Waals surface area contributed by atoms with E-state index in [4.69, 9.17) is 0 Å². The zero-order valence-corrected chi connectivity index (χ0v) is 20.3. The lowest BCUT2D eigenvalue weighted by Crippen LogP contribution is -2.54. The van der Waals surface area contributed by atoms with Crippen LogP contribution in [0.15, 0.2) is 71.7 Å². The van der Waals surface area contributed by atoms with E-state index in [1.807, 2.05) is 6.20 Å². The fourth-order valence-electron chi connectivity index (χ4n) is 7.03. The van der Waals surface area contributed by atoms with Gasteiger partial charge >= 0.3 is 0 Å². The van der Waals surface area contributed by atoms with E-state index < -0.39 is 0 Å². The van der Waals surface area contributed by atoms with Gasteiger partial charge < -0.3 is 0 Å². The van der Waals surface area contributed by atoms with Crippen LogP contribution in [-0.4, -0.2) is 4.98 Å². The molecule has 1 atom stereocenters. The van der Waals surface area contributed by atoms with Crippen LogP contribution in [0.3, 0.4) is 0 Å². The number of hydrogen-bond donors (Lipinski definition) is 0. The first-order valence-corrected chi connectivity index (χ1v) is 12.0. The molecule has 2 heteroatoms. The minimum absolute atomic E-state index is 0.0717. The lowest BCUT2D eigenvalue weighted by Gasteiger charge is -2.33. The van der Waals surface area contributed by atoms with Crippen LogP contribution >= 0.6 is 0 Å². The molecule has 1 aliphatic heterocycles. The molecule has 2 aromatic carbocycles. The summed E-state index contributed by atoms with van der Waals surface area (Å²) < 4.78 is 2.60. The Labute approximate surface area is 195 Å². The fourth-order valence-corrected chi connectivity index (χ4v) is 7.03. The third-order valence-corrected chi connectivity index (χ3v) is 8.81. The highest BCUT2D eigenvalue weighted by atomic mass is 15.1. The molecular formula is C31H29N2+. The van der Waals surface area contributed by atoms with Crippen molar-refractivity contribution >= 4 is 21.5 Å². The Morgan fingerprint density at radius 3 is 2.55 bits per heavy atom. The number of allylic oxidation sites excluding steroid dienone is 4. The van der Waals surface area contributed by atoms with E-state index in [9.17, 15) is 0 Å². The molecule has 0 saturated carbocycles. The van der Waals surface area contributed by atoms with Crippen molar-refractivity contribution in [2.45, 2.75) is 58.9 Å². The topological polar surface area (TPSA) is 16.8 Å². The molecule has 2 nitrogen and oxygen atoms in total. The largest absolute Gasteiger partial charge is 0.264 e. The molecule has 0 fully saturated rings. The van der Waals surface area contributed by atoms with Crippen molar-refractivity contribution in [1.82, 2.24) is 4.98 Å². The van der Waals surface area contributed by atoms with Gasteiger partial charge in [0.25, 0.3) is 0 Å². The molecule has 2 aliphatic carbocycles. The van der Waals surface area contributed by atoms with Gasteiger partial charge in [0.1, 0.15) is 0 Å². The molecule has 0 radical (unpaired) electrons. The molecule has 162 valence electrons. The van der Waals surface area contributed by atoms with Gasteiger partial charge in [0.05, 0.1) is 16.5 Å². The standard InChI is InChI=1S/C31H29N2/c1-17-11-22-8-10-33-29-26(22)24(12-17)30(5,6)25-13-21-7-9-32-16-23(21)28(27(25)29)31(33)14-18(2)20(4)19(3)15-31/h7-14,16H,15H2,1-6H3/q+1. The van der Waals surface area contributed by atoms with E-state index in [2.05, 4.69) is 99.9 Å². The van der Waals surface area contributed by atoms with E-state index >= 15 is 0 Å². The lowest BCUT2D eigenvalue weighted by atomic mass is 9.67. The molecule has 3 heterocycles. The van der Waals surface area contributed by atoms with Gasteiger partial charge in [-0.05, 0) is 78.9 Å². The fraction of sp³-hybridized carbons (Fsp3) is 0.290. The predicted molar refractivity (Wildman–Crippen MR) is 136 cm³/mol. The highest BCUT2D eigenvalue weighted by molar-refractivity contribution is 6.06. The Morgan fingerprint density at radius 1 is 0.939 bits per heavy atom. The molecule has 0 N–H and O–H groups in total. The number of aromatic nitrogens is 2. The molecule has 1 unspecified atom stereocenters. The Bertz CT molecular complexity index is 1650. The Balaban J connectivity index is 1.78. The Kier molecular flexibility index (Phi) is 3.38. The minimum Gasteiger partial charge on any atom is -0.264 e. The maximum atomic E-state index is 4.60. The number of aryl methyl sites for hydroxylation is 1. The van der Waals surface area contributed by atoms with Crippen LogP contribution in [0, 0.1) is 6.92 Å². The maximum Gasteiger partial charge on any atom is 0.222 e. The summed E-state index contributed by atoms with van der Waals surface area (Å²) in [6.07, 6.45) is 9.92. The van der Waals surface area contributed by atoms with Crippen LogP contribution in [0.1, 0.15) is 63.3 Å². The van der Waals surface area contributed by atoms with Crippen LogP contribution in [0.4, 0.5) is 0 Å². The molecule has 3 aliphatic rings.